The minimum atomic E-state index is -0.326. The molecule has 170 valence electrons. The Morgan fingerprint density at radius 3 is 1.73 bits per heavy atom. The number of phenolic OH excluding ortho intramolecular Hbond substituents is 1. The van der Waals surface area contributed by atoms with Gasteiger partial charge in [0.25, 0.3) is 0 Å². The summed E-state index contributed by atoms with van der Waals surface area (Å²) in [4.78, 5) is 12.3. The molecule has 0 saturated heterocycles. The van der Waals surface area contributed by atoms with Gasteiger partial charge in [0, 0.05) is 19.3 Å². The van der Waals surface area contributed by atoms with Crippen molar-refractivity contribution in [3.05, 3.63) is 35.9 Å². The van der Waals surface area contributed by atoms with E-state index in [0.717, 1.165) is 69.8 Å². The topological polar surface area (TPSA) is 87.0 Å². The fourth-order valence-corrected chi connectivity index (χ4v) is 3.42. The number of ether oxygens (including phenoxy) is 1. The van der Waals surface area contributed by atoms with Crippen LogP contribution in [-0.2, 0) is 9.53 Å². The molecule has 1 rings (SSSR count). The molecule has 1 atom stereocenters. The number of carbonyl (C=O) groups excluding carboxylic acids is 1. The summed E-state index contributed by atoms with van der Waals surface area (Å²) in [7, 11) is 0. The van der Waals surface area contributed by atoms with Gasteiger partial charge in [-0.25, -0.2) is 4.79 Å². The first-order chi connectivity index (χ1) is 14.7. The second kappa shape index (κ2) is 18.0. The number of esters is 1. The third-order valence-corrected chi connectivity index (χ3v) is 5.21. The van der Waals surface area contributed by atoms with E-state index in [-0.39, 0.29) is 31.0 Å². The van der Waals surface area contributed by atoms with Crippen molar-refractivity contribution in [2.24, 2.45) is 0 Å². The molecule has 3 N–H and O–H groups in total. The van der Waals surface area contributed by atoms with Gasteiger partial charge in [-0.05, 0) is 62.3 Å². The van der Waals surface area contributed by atoms with Crippen LogP contribution in [-0.4, -0.2) is 40.6 Å². The fourth-order valence-electron chi connectivity index (χ4n) is 3.42. The van der Waals surface area contributed by atoms with Crippen LogP contribution in [0.25, 0.3) is 6.08 Å². The number of aromatic hydroxyl groups is 1. The van der Waals surface area contributed by atoms with Gasteiger partial charge in [0.2, 0.25) is 0 Å². The molecule has 0 aliphatic carbocycles. The first-order valence-electron chi connectivity index (χ1n) is 11.5. The molecule has 0 spiro atoms. The molecule has 30 heavy (non-hydrogen) atoms. The Labute approximate surface area is 181 Å². The van der Waals surface area contributed by atoms with Gasteiger partial charge in [0.1, 0.15) is 11.9 Å². The van der Waals surface area contributed by atoms with Crippen LogP contribution in [0.2, 0.25) is 0 Å². The van der Waals surface area contributed by atoms with Crippen LogP contribution in [0.4, 0.5) is 0 Å². The Hall–Kier alpha value is -1.85. The van der Waals surface area contributed by atoms with E-state index in [0.29, 0.717) is 0 Å². The van der Waals surface area contributed by atoms with E-state index in [4.69, 9.17) is 14.9 Å². The first-order valence-corrected chi connectivity index (χ1v) is 11.5. The summed E-state index contributed by atoms with van der Waals surface area (Å²) >= 11 is 0. The van der Waals surface area contributed by atoms with Crippen molar-refractivity contribution >= 4 is 12.0 Å². The van der Waals surface area contributed by atoms with Gasteiger partial charge in [-0.1, -0.05) is 57.1 Å². The molecule has 0 aliphatic heterocycles. The first kappa shape index (κ1) is 26.2. The molecule has 0 bridgehead atoms. The molecule has 0 saturated carbocycles. The second-order valence-electron chi connectivity index (χ2n) is 7.90. The van der Waals surface area contributed by atoms with Crippen LogP contribution >= 0.6 is 0 Å². The van der Waals surface area contributed by atoms with Crippen molar-refractivity contribution in [1.29, 1.82) is 0 Å². The number of phenols is 1. The number of hydrogen-bond donors (Lipinski definition) is 3. The zero-order valence-corrected chi connectivity index (χ0v) is 18.3. The summed E-state index contributed by atoms with van der Waals surface area (Å²) in [6, 6.07) is 6.67. The molecule has 0 unspecified atom stereocenters. The SMILES string of the molecule is O=C(/C=C\c1ccc(O)cc1)O[C@@H](CCCCCCO)CCCCCCCCCO. The molecule has 0 fully saturated rings. The van der Waals surface area contributed by atoms with Crippen molar-refractivity contribution in [2.45, 2.75) is 89.6 Å². The van der Waals surface area contributed by atoms with E-state index in [9.17, 15) is 9.90 Å². The average Bonchev–Trinajstić information content (AvgIpc) is 2.74. The van der Waals surface area contributed by atoms with Crippen molar-refractivity contribution < 1.29 is 24.9 Å². The predicted octanol–water partition coefficient (Wildman–Crippen LogP) is 5.37. The normalized spacial score (nSPS) is 12.3. The minimum Gasteiger partial charge on any atom is -0.508 e. The van der Waals surface area contributed by atoms with Gasteiger partial charge in [-0.3, -0.25) is 0 Å². The highest BCUT2D eigenvalue weighted by molar-refractivity contribution is 5.87. The zero-order chi connectivity index (χ0) is 21.9. The van der Waals surface area contributed by atoms with Gasteiger partial charge in [-0.15, -0.1) is 0 Å². The molecule has 1 aromatic rings. The Balaban J connectivity index is 2.37. The number of aliphatic hydroxyl groups excluding tert-OH is 2. The highest BCUT2D eigenvalue weighted by Gasteiger charge is 2.12. The molecule has 1 aromatic carbocycles. The lowest BCUT2D eigenvalue weighted by molar-refractivity contribution is -0.143. The number of benzene rings is 1. The standard InChI is InChI=1S/C25H40O5/c26-20-10-6-3-1-2-4-8-12-24(13-9-5-7-11-21-27)30-25(29)19-16-22-14-17-23(28)18-15-22/h14-19,24,26-28H,1-13,20-21H2/b19-16-/t24-/m1/s1. The van der Waals surface area contributed by atoms with Gasteiger partial charge in [0.05, 0.1) is 0 Å². The van der Waals surface area contributed by atoms with E-state index in [1.165, 1.54) is 25.3 Å². The molecule has 0 aromatic heterocycles. The molecular formula is C25H40O5. The number of aliphatic hydroxyl groups is 2. The van der Waals surface area contributed by atoms with Gasteiger partial charge in [0.15, 0.2) is 0 Å². The second-order valence-corrected chi connectivity index (χ2v) is 7.90. The van der Waals surface area contributed by atoms with Crippen molar-refractivity contribution in [1.82, 2.24) is 0 Å². The largest absolute Gasteiger partial charge is 0.508 e. The molecule has 0 aliphatic rings. The molecule has 5 heteroatoms. The maximum atomic E-state index is 12.3. The monoisotopic (exact) mass is 420 g/mol. The highest BCUT2D eigenvalue weighted by Crippen LogP contribution is 2.17. The van der Waals surface area contributed by atoms with Gasteiger partial charge < -0.3 is 20.1 Å². The van der Waals surface area contributed by atoms with Crippen LogP contribution in [0.3, 0.4) is 0 Å². The maximum Gasteiger partial charge on any atom is 0.331 e. The van der Waals surface area contributed by atoms with Gasteiger partial charge >= 0.3 is 5.97 Å². The summed E-state index contributed by atoms with van der Waals surface area (Å²) in [5.74, 6) is -0.128. The quantitative estimate of drug-likeness (QED) is 0.169. The number of rotatable bonds is 18. The highest BCUT2D eigenvalue weighted by atomic mass is 16.5. The van der Waals surface area contributed by atoms with Gasteiger partial charge in [-0.2, -0.15) is 0 Å². The summed E-state index contributed by atoms with van der Waals surface area (Å²) in [6.45, 7) is 0.519. The van der Waals surface area contributed by atoms with Crippen molar-refractivity contribution in [2.75, 3.05) is 13.2 Å². The van der Waals surface area contributed by atoms with Crippen molar-refractivity contribution in [3.8, 4) is 5.75 Å². The number of unbranched alkanes of at least 4 members (excludes halogenated alkanes) is 9. The maximum absolute atomic E-state index is 12.3. The van der Waals surface area contributed by atoms with Crippen LogP contribution < -0.4 is 0 Å². The number of hydrogen-bond acceptors (Lipinski definition) is 5. The zero-order valence-electron chi connectivity index (χ0n) is 18.3. The van der Waals surface area contributed by atoms with E-state index < -0.39 is 0 Å². The van der Waals surface area contributed by atoms with E-state index >= 15 is 0 Å². The van der Waals surface area contributed by atoms with Crippen LogP contribution in [0.1, 0.15) is 89.0 Å². The smallest absolute Gasteiger partial charge is 0.331 e. The lowest BCUT2D eigenvalue weighted by Crippen LogP contribution is -2.17. The Morgan fingerprint density at radius 1 is 0.767 bits per heavy atom. The third kappa shape index (κ3) is 14.2. The Morgan fingerprint density at radius 2 is 1.23 bits per heavy atom. The predicted molar refractivity (Wildman–Crippen MR) is 121 cm³/mol. The summed E-state index contributed by atoms with van der Waals surface area (Å²) in [5.41, 5.74) is 0.839. The lowest BCUT2D eigenvalue weighted by Gasteiger charge is -2.17. The van der Waals surface area contributed by atoms with E-state index in [1.54, 1.807) is 30.3 Å². The Bertz CT molecular complexity index is 567. The van der Waals surface area contributed by atoms with Crippen LogP contribution in [0.5, 0.6) is 5.75 Å². The van der Waals surface area contributed by atoms with Crippen LogP contribution in [0.15, 0.2) is 30.3 Å². The number of carbonyl (C=O) groups is 1. The fraction of sp³-hybridized carbons (Fsp3) is 0.640. The summed E-state index contributed by atoms with van der Waals surface area (Å²) < 4.78 is 5.71. The third-order valence-electron chi connectivity index (χ3n) is 5.21. The summed E-state index contributed by atoms with van der Waals surface area (Å²) in [6.07, 6.45) is 16.4. The van der Waals surface area contributed by atoms with Crippen molar-refractivity contribution in [3.63, 3.8) is 0 Å². The molecule has 5 nitrogen and oxygen atoms in total. The molecule has 0 amide bonds. The lowest BCUT2D eigenvalue weighted by atomic mass is 10.0. The molecule has 0 radical (unpaired) electrons. The minimum absolute atomic E-state index is 0.0644. The summed E-state index contributed by atoms with van der Waals surface area (Å²) in [5, 5.41) is 27.0. The van der Waals surface area contributed by atoms with E-state index in [1.807, 2.05) is 0 Å². The molecular weight excluding hydrogens is 380 g/mol. The van der Waals surface area contributed by atoms with E-state index in [2.05, 4.69) is 0 Å². The van der Waals surface area contributed by atoms with Crippen LogP contribution in [0, 0.1) is 0 Å². The Kier molecular flexibility index (Phi) is 15.7. The molecule has 0 heterocycles. The average molecular weight is 421 g/mol.